The molecule has 0 aromatic carbocycles. The standard InChI is InChI=1S/C7H5ClFN/c1-2-5-3-6(8)7(9)4-10-5/h2-4H,1H2. The van der Waals surface area contributed by atoms with E-state index in [1.54, 1.807) is 0 Å². The lowest BCUT2D eigenvalue weighted by Crippen LogP contribution is -1.83. The highest BCUT2D eigenvalue weighted by molar-refractivity contribution is 6.30. The van der Waals surface area contributed by atoms with Crippen LogP contribution in [-0.2, 0) is 0 Å². The van der Waals surface area contributed by atoms with Crippen molar-refractivity contribution in [2.24, 2.45) is 0 Å². The van der Waals surface area contributed by atoms with Crippen molar-refractivity contribution < 1.29 is 4.39 Å². The summed E-state index contributed by atoms with van der Waals surface area (Å²) in [7, 11) is 0. The van der Waals surface area contributed by atoms with Crippen LogP contribution in [0.4, 0.5) is 4.39 Å². The zero-order valence-corrected chi connectivity index (χ0v) is 5.90. The summed E-state index contributed by atoms with van der Waals surface area (Å²) in [4.78, 5) is 3.68. The van der Waals surface area contributed by atoms with Gasteiger partial charge in [0.1, 0.15) is 0 Å². The molecule has 0 aliphatic heterocycles. The second-order valence-corrected chi connectivity index (χ2v) is 2.13. The van der Waals surface area contributed by atoms with Crippen molar-refractivity contribution in [3.63, 3.8) is 0 Å². The molecule has 1 aromatic rings. The van der Waals surface area contributed by atoms with E-state index in [0.29, 0.717) is 5.69 Å². The molecule has 0 fully saturated rings. The van der Waals surface area contributed by atoms with Gasteiger partial charge in [-0.1, -0.05) is 18.2 Å². The van der Waals surface area contributed by atoms with Crippen molar-refractivity contribution in [2.75, 3.05) is 0 Å². The topological polar surface area (TPSA) is 12.9 Å². The molecule has 1 rings (SSSR count). The van der Waals surface area contributed by atoms with Crippen molar-refractivity contribution in [2.45, 2.75) is 0 Å². The zero-order chi connectivity index (χ0) is 7.56. The van der Waals surface area contributed by atoms with E-state index >= 15 is 0 Å². The first kappa shape index (κ1) is 7.22. The molecular weight excluding hydrogens is 153 g/mol. The Labute approximate surface area is 63.2 Å². The third-order valence-corrected chi connectivity index (χ3v) is 1.33. The molecule has 0 saturated carbocycles. The van der Waals surface area contributed by atoms with Gasteiger partial charge in [-0.3, -0.25) is 4.98 Å². The Bertz CT molecular complexity index is 260. The molecule has 0 bridgehead atoms. The fourth-order valence-electron chi connectivity index (χ4n) is 0.541. The fourth-order valence-corrected chi connectivity index (χ4v) is 0.701. The Morgan fingerprint density at radius 2 is 2.40 bits per heavy atom. The van der Waals surface area contributed by atoms with Gasteiger partial charge in [-0.2, -0.15) is 0 Å². The Hall–Kier alpha value is -0.890. The molecule has 0 unspecified atom stereocenters. The minimum atomic E-state index is -0.507. The van der Waals surface area contributed by atoms with E-state index < -0.39 is 5.82 Å². The van der Waals surface area contributed by atoms with E-state index in [9.17, 15) is 4.39 Å². The van der Waals surface area contributed by atoms with E-state index in [0.717, 1.165) is 6.20 Å². The highest BCUT2D eigenvalue weighted by Crippen LogP contribution is 2.13. The number of hydrogen-bond donors (Lipinski definition) is 0. The number of aromatic nitrogens is 1. The summed E-state index contributed by atoms with van der Waals surface area (Å²) in [5, 5.41) is 0.0740. The highest BCUT2D eigenvalue weighted by Gasteiger charge is 1.97. The Morgan fingerprint density at radius 1 is 1.70 bits per heavy atom. The second kappa shape index (κ2) is 2.80. The summed E-state index contributed by atoms with van der Waals surface area (Å²) in [5.41, 5.74) is 0.575. The molecule has 0 aliphatic carbocycles. The van der Waals surface area contributed by atoms with Gasteiger partial charge in [-0.05, 0) is 12.1 Å². The third-order valence-electron chi connectivity index (χ3n) is 1.04. The van der Waals surface area contributed by atoms with Crippen LogP contribution in [0.3, 0.4) is 0 Å². The molecule has 0 aliphatic rings. The summed E-state index contributed by atoms with van der Waals surface area (Å²) < 4.78 is 12.4. The van der Waals surface area contributed by atoms with Gasteiger partial charge < -0.3 is 0 Å². The quantitative estimate of drug-likeness (QED) is 0.611. The van der Waals surface area contributed by atoms with Crippen LogP contribution in [-0.4, -0.2) is 4.98 Å². The molecule has 1 heterocycles. The molecule has 52 valence electrons. The minimum absolute atomic E-state index is 0.0740. The number of rotatable bonds is 1. The summed E-state index contributed by atoms with van der Waals surface area (Å²) in [5.74, 6) is -0.507. The summed E-state index contributed by atoms with van der Waals surface area (Å²) in [6.45, 7) is 3.46. The van der Waals surface area contributed by atoms with E-state index in [1.165, 1.54) is 12.1 Å². The summed E-state index contributed by atoms with van der Waals surface area (Å²) in [6, 6.07) is 1.42. The average molecular weight is 158 g/mol. The predicted molar refractivity (Wildman–Crippen MR) is 39.3 cm³/mol. The van der Waals surface area contributed by atoms with Gasteiger partial charge in [0.2, 0.25) is 0 Å². The smallest absolute Gasteiger partial charge is 0.160 e. The Morgan fingerprint density at radius 3 is 2.90 bits per heavy atom. The third kappa shape index (κ3) is 1.33. The lowest BCUT2D eigenvalue weighted by molar-refractivity contribution is 0.621. The van der Waals surface area contributed by atoms with E-state index in [2.05, 4.69) is 11.6 Å². The summed E-state index contributed by atoms with van der Waals surface area (Å²) in [6.07, 6.45) is 2.57. The van der Waals surface area contributed by atoms with Crippen LogP contribution >= 0.6 is 11.6 Å². The minimum Gasteiger partial charge on any atom is -0.254 e. The largest absolute Gasteiger partial charge is 0.254 e. The molecule has 0 atom stereocenters. The van der Waals surface area contributed by atoms with E-state index in [1.807, 2.05) is 0 Å². The first-order valence-corrected chi connectivity index (χ1v) is 3.05. The van der Waals surface area contributed by atoms with Crippen LogP contribution in [0, 0.1) is 5.82 Å². The van der Waals surface area contributed by atoms with E-state index in [4.69, 9.17) is 11.6 Å². The molecule has 0 spiro atoms. The van der Waals surface area contributed by atoms with Gasteiger partial charge in [0.25, 0.3) is 0 Å². The SMILES string of the molecule is C=Cc1cc(Cl)c(F)cn1. The van der Waals surface area contributed by atoms with Gasteiger partial charge in [0.15, 0.2) is 5.82 Å². The first-order chi connectivity index (χ1) is 4.74. The summed E-state index contributed by atoms with van der Waals surface area (Å²) >= 11 is 5.43. The van der Waals surface area contributed by atoms with Crippen molar-refractivity contribution in [1.29, 1.82) is 0 Å². The van der Waals surface area contributed by atoms with Gasteiger partial charge >= 0.3 is 0 Å². The van der Waals surface area contributed by atoms with Gasteiger partial charge in [-0.15, -0.1) is 0 Å². The van der Waals surface area contributed by atoms with Crippen molar-refractivity contribution in [3.05, 3.63) is 35.4 Å². The van der Waals surface area contributed by atoms with Gasteiger partial charge in [0.05, 0.1) is 16.9 Å². The number of halogens is 2. The van der Waals surface area contributed by atoms with Crippen LogP contribution in [0.5, 0.6) is 0 Å². The van der Waals surface area contributed by atoms with Crippen LogP contribution in [0.25, 0.3) is 6.08 Å². The number of pyridine rings is 1. The van der Waals surface area contributed by atoms with E-state index in [-0.39, 0.29) is 5.02 Å². The van der Waals surface area contributed by atoms with Crippen molar-refractivity contribution in [1.82, 2.24) is 4.98 Å². The molecule has 0 saturated heterocycles. The van der Waals surface area contributed by atoms with Gasteiger partial charge in [-0.25, -0.2) is 4.39 Å². The normalized spacial score (nSPS) is 9.40. The van der Waals surface area contributed by atoms with Crippen LogP contribution < -0.4 is 0 Å². The molecule has 1 aromatic heterocycles. The lowest BCUT2D eigenvalue weighted by Gasteiger charge is -1.93. The molecule has 0 amide bonds. The van der Waals surface area contributed by atoms with Crippen LogP contribution in [0.1, 0.15) is 5.69 Å². The van der Waals surface area contributed by atoms with Gasteiger partial charge in [0, 0.05) is 0 Å². The zero-order valence-electron chi connectivity index (χ0n) is 5.14. The highest BCUT2D eigenvalue weighted by atomic mass is 35.5. The Balaban J connectivity index is 3.16. The van der Waals surface area contributed by atoms with Crippen molar-refractivity contribution >= 4 is 17.7 Å². The van der Waals surface area contributed by atoms with Crippen molar-refractivity contribution in [3.8, 4) is 0 Å². The number of nitrogens with zero attached hydrogens (tertiary/aromatic N) is 1. The molecule has 0 N–H and O–H groups in total. The predicted octanol–water partition coefficient (Wildman–Crippen LogP) is 2.52. The molecular formula is C7H5ClFN. The average Bonchev–Trinajstić information content (AvgIpc) is 1.95. The molecule has 0 radical (unpaired) electrons. The molecule has 1 nitrogen and oxygen atoms in total. The first-order valence-electron chi connectivity index (χ1n) is 2.67. The monoisotopic (exact) mass is 157 g/mol. The maximum atomic E-state index is 12.4. The second-order valence-electron chi connectivity index (χ2n) is 1.73. The molecule has 3 heteroatoms. The maximum Gasteiger partial charge on any atom is 0.160 e. The number of hydrogen-bond acceptors (Lipinski definition) is 1. The fraction of sp³-hybridized carbons (Fsp3) is 0. The Kier molecular flexibility index (Phi) is 2.02. The maximum absolute atomic E-state index is 12.4. The van der Waals surface area contributed by atoms with Crippen LogP contribution in [0.15, 0.2) is 18.8 Å². The lowest BCUT2D eigenvalue weighted by atomic mass is 10.3. The molecule has 10 heavy (non-hydrogen) atoms. The van der Waals surface area contributed by atoms with Crippen LogP contribution in [0.2, 0.25) is 5.02 Å².